The average molecular weight is 462 g/mol. The first-order valence-corrected chi connectivity index (χ1v) is 12.2. The fourth-order valence-corrected chi connectivity index (χ4v) is 3.59. The van der Waals surface area contributed by atoms with Gasteiger partial charge in [-0.1, -0.05) is 27.7 Å². The summed E-state index contributed by atoms with van der Waals surface area (Å²) in [6, 6.07) is 0. The van der Waals surface area contributed by atoms with Crippen LogP contribution in [-0.4, -0.2) is 103 Å². The maximum absolute atomic E-state index is 6.36. The Morgan fingerprint density at radius 2 is 1.31 bits per heavy atom. The number of hydrogen-bond acceptors (Lipinski definition) is 7. The molecule has 1 fully saturated rings. The molecule has 0 amide bonds. The van der Waals surface area contributed by atoms with E-state index in [0.717, 1.165) is 32.9 Å². The quantitative estimate of drug-likeness (QED) is 0.326. The van der Waals surface area contributed by atoms with Crippen LogP contribution in [0.3, 0.4) is 0 Å². The lowest BCUT2D eigenvalue weighted by Crippen LogP contribution is -2.48. The maximum Gasteiger partial charge on any atom is 0.0701 e. The van der Waals surface area contributed by atoms with Gasteiger partial charge in [0.2, 0.25) is 0 Å². The number of hydrogen-bond donors (Lipinski definition) is 0. The monoisotopic (exact) mass is 461 g/mol. The minimum atomic E-state index is -0.138. The van der Waals surface area contributed by atoms with E-state index in [1.54, 1.807) is 0 Å². The molecule has 0 aliphatic carbocycles. The third-order valence-electron chi connectivity index (χ3n) is 5.04. The molecule has 0 N–H and O–H groups in total. The molecular weight excluding hydrogens is 410 g/mol. The SMILES string of the molecule is CC1COCC(CN(C)CCOCCOCCOCCOCC(C)(C)C)C1OC(C)(C)C. The zero-order valence-corrected chi connectivity index (χ0v) is 22.1. The molecule has 3 unspecified atom stereocenters. The van der Waals surface area contributed by atoms with E-state index in [4.69, 9.17) is 28.4 Å². The lowest BCUT2D eigenvalue weighted by molar-refractivity contribution is -0.160. The van der Waals surface area contributed by atoms with Crippen molar-refractivity contribution in [2.24, 2.45) is 17.3 Å². The van der Waals surface area contributed by atoms with Crippen LogP contribution >= 0.6 is 0 Å². The van der Waals surface area contributed by atoms with E-state index in [1.807, 2.05) is 0 Å². The zero-order valence-electron chi connectivity index (χ0n) is 22.1. The van der Waals surface area contributed by atoms with Gasteiger partial charge in [0, 0.05) is 24.9 Å². The van der Waals surface area contributed by atoms with Crippen molar-refractivity contribution in [3.05, 3.63) is 0 Å². The molecule has 0 aromatic carbocycles. The van der Waals surface area contributed by atoms with Crippen molar-refractivity contribution in [3.8, 4) is 0 Å². The summed E-state index contributed by atoms with van der Waals surface area (Å²) < 4.78 is 34.5. The van der Waals surface area contributed by atoms with Crippen molar-refractivity contribution in [2.75, 3.05) is 86.2 Å². The van der Waals surface area contributed by atoms with Gasteiger partial charge in [0.05, 0.1) is 77.8 Å². The summed E-state index contributed by atoms with van der Waals surface area (Å²) >= 11 is 0. The summed E-state index contributed by atoms with van der Waals surface area (Å²) in [5.74, 6) is 0.792. The second kappa shape index (κ2) is 15.6. The Bertz CT molecular complexity index is 462. The van der Waals surface area contributed by atoms with Gasteiger partial charge in [0.1, 0.15) is 0 Å². The molecule has 0 radical (unpaired) electrons. The van der Waals surface area contributed by atoms with Crippen LogP contribution in [-0.2, 0) is 28.4 Å². The van der Waals surface area contributed by atoms with E-state index in [9.17, 15) is 0 Å². The van der Waals surface area contributed by atoms with Crippen LogP contribution in [0.4, 0.5) is 0 Å². The first-order valence-electron chi connectivity index (χ1n) is 12.2. The maximum atomic E-state index is 6.36. The molecule has 0 saturated carbocycles. The first-order chi connectivity index (χ1) is 15.0. The molecule has 32 heavy (non-hydrogen) atoms. The molecule has 1 rings (SSSR count). The Kier molecular flexibility index (Phi) is 14.5. The minimum absolute atomic E-state index is 0.138. The van der Waals surface area contributed by atoms with Crippen molar-refractivity contribution >= 4 is 0 Å². The molecule has 1 aliphatic heterocycles. The number of ether oxygens (including phenoxy) is 6. The highest BCUT2D eigenvalue weighted by Gasteiger charge is 2.35. The van der Waals surface area contributed by atoms with Crippen molar-refractivity contribution < 1.29 is 28.4 Å². The number of rotatable bonds is 16. The molecule has 0 aromatic heterocycles. The van der Waals surface area contributed by atoms with Gasteiger partial charge in [0.25, 0.3) is 0 Å². The third kappa shape index (κ3) is 15.5. The fourth-order valence-electron chi connectivity index (χ4n) is 3.59. The van der Waals surface area contributed by atoms with E-state index < -0.39 is 0 Å². The van der Waals surface area contributed by atoms with E-state index in [1.165, 1.54) is 0 Å². The normalized spacial score (nSPS) is 22.6. The molecular formula is C25H51NO6. The average Bonchev–Trinajstić information content (AvgIpc) is 2.66. The van der Waals surface area contributed by atoms with Gasteiger partial charge in [-0.15, -0.1) is 0 Å². The summed E-state index contributed by atoms with van der Waals surface area (Å²) in [6.45, 7) is 23.5. The molecule has 7 nitrogen and oxygen atoms in total. The highest BCUT2D eigenvalue weighted by atomic mass is 16.6. The van der Waals surface area contributed by atoms with Crippen molar-refractivity contribution in [1.29, 1.82) is 0 Å². The van der Waals surface area contributed by atoms with E-state index in [2.05, 4.69) is 60.4 Å². The smallest absolute Gasteiger partial charge is 0.0701 e. The highest BCUT2D eigenvalue weighted by Crippen LogP contribution is 2.28. The first kappa shape index (κ1) is 29.8. The van der Waals surface area contributed by atoms with E-state index >= 15 is 0 Å². The van der Waals surface area contributed by atoms with Gasteiger partial charge >= 0.3 is 0 Å². The van der Waals surface area contributed by atoms with Gasteiger partial charge < -0.3 is 33.3 Å². The fraction of sp³-hybridized carbons (Fsp3) is 1.00. The molecule has 1 aliphatic rings. The molecule has 192 valence electrons. The van der Waals surface area contributed by atoms with Gasteiger partial charge in [-0.25, -0.2) is 0 Å². The van der Waals surface area contributed by atoms with Crippen LogP contribution in [0.5, 0.6) is 0 Å². The molecule has 0 spiro atoms. The van der Waals surface area contributed by atoms with Crippen LogP contribution in [0.15, 0.2) is 0 Å². The van der Waals surface area contributed by atoms with Gasteiger partial charge in [-0.3, -0.25) is 0 Å². The molecule has 1 saturated heterocycles. The van der Waals surface area contributed by atoms with E-state index in [0.29, 0.717) is 58.1 Å². The topological polar surface area (TPSA) is 58.6 Å². The van der Waals surface area contributed by atoms with Crippen LogP contribution in [0.25, 0.3) is 0 Å². The Hall–Kier alpha value is -0.280. The van der Waals surface area contributed by atoms with Crippen LogP contribution in [0, 0.1) is 17.3 Å². The van der Waals surface area contributed by atoms with Crippen molar-refractivity contribution in [3.63, 3.8) is 0 Å². The van der Waals surface area contributed by atoms with Crippen molar-refractivity contribution in [2.45, 2.75) is 60.2 Å². The summed E-state index contributed by atoms with van der Waals surface area (Å²) in [7, 11) is 2.13. The molecule has 0 bridgehead atoms. The predicted octanol–water partition coefficient (Wildman–Crippen LogP) is 3.50. The second-order valence-corrected chi connectivity index (χ2v) is 11.2. The van der Waals surface area contributed by atoms with E-state index in [-0.39, 0.29) is 17.1 Å². The molecule has 1 heterocycles. The van der Waals surface area contributed by atoms with Gasteiger partial charge in [0.15, 0.2) is 0 Å². The molecule has 3 atom stereocenters. The summed E-state index contributed by atoms with van der Waals surface area (Å²) in [5, 5.41) is 0. The minimum Gasteiger partial charge on any atom is -0.381 e. The largest absolute Gasteiger partial charge is 0.381 e. The summed E-state index contributed by atoms with van der Waals surface area (Å²) in [4.78, 5) is 2.31. The molecule has 7 heteroatoms. The van der Waals surface area contributed by atoms with Crippen LogP contribution in [0.2, 0.25) is 0 Å². The number of likely N-dealkylation sites (N-methyl/N-ethyl adjacent to an activating group) is 1. The summed E-state index contributed by atoms with van der Waals surface area (Å²) in [5.41, 5.74) is 0.0607. The Morgan fingerprint density at radius 1 is 0.781 bits per heavy atom. The zero-order chi connectivity index (χ0) is 24.0. The lowest BCUT2D eigenvalue weighted by Gasteiger charge is -2.41. The predicted molar refractivity (Wildman–Crippen MR) is 128 cm³/mol. The van der Waals surface area contributed by atoms with Gasteiger partial charge in [-0.05, 0) is 33.2 Å². The molecule has 0 aromatic rings. The third-order valence-corrected chi connectivity index (χ3v) is 5.04. The van der Waals surface area contributed by atoms with Gasteiger partial charge in [-0.2, -0.15) is 0 Å². The van der Waals surface area contributed by atoms with Crippen LogP contribution < -0.4 is 0 Å². The van der Waals surface area contributed by atoms with Crippen LogP contribution in [0.1, 0.15) is 48.5 Å². The standard InChI is InChI=1S/C25H51NO6/c1-21-18-31-19-22(23(21)32-25(5,6)7)17-26(8)9-10-27-11-12-28-13-14-29-15-16-30-20-24(2,3)4/h21-23H,9-20H2,1-8H3. The Morgan fingerprint density at radius 3 is 1.84 bits per heavy atom. The Balaban J connectivity index is 2.01. The van der Waals surface area contributed by atoms with Crippen molar-refractivity contribution in [1.82, 2.24) is 4.90 Å². The Labute approximate surface area is 197 Å². The lowest BCUT2D eigenvalue weighted by atomic mass is 9.89. The second-order valence-electron chi connectivity index (χ2n) is 11.2. The number of nitrogens with zero attached hydrogens (tertiary/aromatic N) is 1. The summed E-state index contributed by atoms with van der Waals surface area (Å²) in [6.07, 6.45) is 0.229. The highest BCUT2D eigenvalue weighted by molar-refractivity contribution is 4.83.